The molecule has 0 saturated heterocycles. The lowest BCUT2D eigenvalue weighted by atomic mass is 10.1. The fraction of sp³-hybridized carbons (Fsp3) is 0.171. The number of esters is 1. The molecule has 3 heterocycles. The summed E-state index contributed by atoms with van der Waals surface area (Å²) in [5.41, 5.74) is 2.61. The maximum absolute atomic E-state index is 13.6. The molecular weight excluding hydrogens is 703 g/mol. The summed E-state index contributed by atoms with van der Waals surface area (Å²) < 4.78 is 37.5. The first kappa shape index (κ1) is 32.8. The van der Waals surface area contributed by atoms with Gasteiger partial charge in [-0.1, -0.05) is 24.3 Å². The maximum atomic E-state index is 13.6. The second kappa shape index (κ2) is 14.7. The Bertz CT molecular complexity index is 2080. The van der Waals surface area contributed by atoms with Crippen LogP contribution in [0.1, 0.15) is 18.2 Å². The van der Waals surface area contributed by atoms with Crippen molar-refractivity contribution in [1.82, 2.24) is 19.9 Å². The van der Waals surface area contributed by atoms with Gasteiger partial charge in [-0.2, -0.15) is 0 Å². The van der Waals surface area contributed by atoms with E-state index in [1.165, 1.54) is 41.9 Å². The number of carbonyl (C=O) groups excluding carboxylic acids is 1. The van der Waals surface area contributed by atoms with Gasteiger partial charge in [-0.25, -0.2) is 29.1 Å². The van der Waals surface area contributed by atoms with Crippen molar-refractivity contribution in [2.45, 2.75) is 26.1 Å². The molecule has 48 heavy (non-hydrogen) atoms. The Morgan fingerprint density at radius 1 is 1.02 bits per heavy atom. The largest absolute Gasteiger partial charge is 0.508 e. The molecule has 0 aliphatic heterocycles. The zero-order chi connectivity index (χ0) is 33.6. The Morgan fingerprint density at radius 2 is 1.83 bits per heavy atom. The summed E-state index contributed by atoms with van der Waals surface area (Å²) >= 11 is 5.01. The molecule has 3 aromatic carbocycles. The van der Waals surface area contributed by atoms with Crippen molar-refractivity contribution in [2.24, 2.45) is 0 Å². The van der Waals surface area contributed by atoms with Gasteiger partial charge in [-0.15, -0.1) is 11.3 Å². The van der Waals surface area contributed by atoms with E-state index in [1.807, 2.05) is 24.3 Å². The van der Waals surface area contributed by atoms with E-state index in [2.05, 4.69) is 35.9 Å². The fourth-order valence-electron chi connectivity index (χ4n) is 4.95. The number of halogens is 2. The minimum Gasteiger partial charge on any atom is -0.508 e. The van der Waals surface area contributed by atoms with Gasteiger partial charge in [0.05, 0.1) is 39.7 Å². The summed E-state index contributed by atoms with van der Waals surface area (Å²) in [5.74, 6) is 0.697. The molecule has 13 heteroatoms. The summed E-state index contributed by atoms with van der Waals surface area (Å²) in [7, 11) is 1.59. The van der Waals surface area contributed by atoms with Crippen molar-refractivity contribution < 1.29 is 33.2 Å². The Kier molecular flexibility index (Phi) is 10.1. The minimum atomic E-state index is -1.16. The summed E-state index contributed by atoms with van der Waals surface area (Å²) in [4.78, 5) is 32.4. The van der Waals surface area contributed by atoms with Gasteiger partial charge in [0.15, 0.2) is 5.82 Å². The molecule has 0 radical (unpaired) electrons. The van der Waals surface area contributed by atoms with Crippen LogP contribution in [-0.4, -0.2) is 50.8 Å². The molecule has 0 saturated carbocycles. The van der Waals surface area contributed by atoms with E-state index in [0.29, 0.717) is 43.3 Å². The van der Waals surface area contributed by atoms with Gasteiger partial charge in [0.25, 0.3) is 0 Å². The third-order valence-corrected chi connectivity index (χ3v) is 9.39. The number of aromatic nitrogens is 4. The average Bonchev–Trinajstić information content (AvgIpc) is 3.45. The van der Waals surface area contributed by atoms with Crippen LogP contribution in [-0.2, 0) is 22.6 Å². The van der Waals surface area contributed by atoms with E-state index in [4.69, 9.17) is 18.9 Å². The predicted octanol–water partition coefficient (Wildman–Crippen LogP) is 7.56. The summed E-state index contributed by atoms with van der Waals surface area (Å²) in [6.45, 7) is 1.90. The van der Waals surface area contributed by atoms with Gasteiger partial charge in [0, 0.05) is 18.2 Å². The topological polar surface area (TPSA) is 126 Å². The van der Waals surface area contributed by atoms with E-state index >= 15 is 0 Å². The summed E-state index contributed by atoms with van der Waals surface area (Å²) in [5, 5.41) is 10.9. The van der Waals surface area contributed by atoms with Gasteiger partial charge >= 0.3 is 5.97 Å². The number of nitrogens with zero attached hydrogens (tertiary/aromatic N) is 4. The van der Waals surface area contributed by atoms with E-state index in [1.54, 1.807) is 44.5 Å². The Labute approximate surface area is 287 Å². The third kappa shape index (κ3) is 7.21. The highest BCUT2D eigenvalue weighted by molar-refractivity contribution is 9.10. The molecule has 3 aromatic heterocycles. The Balaban J connectivity index is 1.27. The molecule has 6 rings (SSSR count). The van der Waals surface area contributed by atoms with Crippen molar-refractivity contribution in [3.63, 3.8) is 0 Å². The molecule has 0 fully saturated rings. The smallest absolute Gasteiger partial charge is 0.347 e. The van der Waals surface area contributed by atoms with Gasteiger partial charge in [0.2, 0.25) is 12.0 Å². The molecule has 0 spiro atoms. The van der Waals surface area contributed by atoms with Crippen molar-refractivity contribution in [3.8, 4) is 45.0 Å². The molecule has 1 atom stereocenters. The number of para-hydroxylation sites is 1. The maximum Gasteiger partial charge on any atom is 0.347 e. The molecule has 0 bridgehead atoms. The number of benzene rings is 3. The molecule has 0 aliphatic rings. The highest BCUT2D eigenvalue weighted by Crippen LogP contribution is 2.44. The van der Waals surface area contributed by atoms with Crippen molar-refractivity contribution >= 4 is 43.5 Å². The van der Waals surface area contributed by atoms with Crippen LogP contribution in [0.15, 0.2) is 89.8 Å². The monoisotopic (exact) mass is 730 g/mol. The normalized spacial score (nSPS) is 11.7. The van der Waals surface area contributed by atoms with E-state index in [-0.39, 0.29) is 37.1 Å². The van der Waals surface area contributed by atoms with Crippen molar-refractivity contribution in [1.29, 1.82) is 0 Å². The van der Waals surface area contributed by atoms with E-state index in [0.717, 1.165) is 16.0 Å². The lowest BCUT2D eigenvalue weighted by molar-refractivity contribution is -0.151. The number of carbonyl (C=O) groups is 1. The van der Waals surface area contributed by atoms with Gasteiger partial charge < -0.3 is 24.1 Å². The zero-order valence-electron chi connectivity index (χ0n) is 25.7. The molecule has 10 nitrogen and oxygen atoms in total. The summed E-state index contributed by atoms with van der Waals surface area (Å²) in [6, 6.07) is 19.9. The number of phenolic OH excluding ortho intramolecular Hbond substituents is 1. The highest BCUT2D eigenvalue weighted by atomic mass is 79.9. The first-order valence-corrected chi connectivity index (χ1v) is 16.4. The molecule has 0 aliphatic carbocycles. The molecule has 244 valence electrons. The zero-order valence-corrected chi connectivity index (χ0v) is 28.1. The highest BCUT2D eigenvalue weighted by Gasteiger charge is 2.28. The number of thiophene rings is 1. The molecule has 0 amide bonds. The lowest BCUT2D eigenvalue weighted by Gasteiger charge is -2.19. The lowest BCUT2D eigenvalue weighted by Crippen LogP contribution is -2.32. The number of phenols is 1. The Hall–Kier alpha value is -5.14. The number of aromatic hydroxyl groups is 1. The van der Waals surface area contributed by atoms with Crippen molar-refractivity contribution in [2.75, 3.05) is 13.7 Å². The van der Waals surface area contributed by atoms with Gasteiger partial charge in [-0.3, -0.25) is 0 Å². The van der Waals surface area contributed by atoms with Crippen LogP contribution in [0.2, 0.25) is 0 Å². The summed E-state index contributed by atoms with van der Waals surface area (Å²) in [6.07, 6.45) is 1.81. The standard InChI is InChI=1S/C35H28BrFN4O6S/c1-3-45-35(43)28(47-33-29-30(36)31(48-34(29)40-19-39-33)20-8-10-22(37)11-9-20)17-21-16-24(42)12-13-26(21)46-18-23-14-15-38-32(41-23)25-6-4-5-7-27(25)44-2/h4-16,19,28,42H,3,17-18H2,1-2H3/t28-/m1/s1. The van der Waals surface area contributed by atoms with Gasteiger partial charge in [0.1, 0.15) is 40.8 Å². The van der Waals surface area contributed by atoms with Crippen LogP contribution in [0.4, 0.5) is 4.39 Å². The number of rotatable bonds is 12. The molecule has 1 N–H and O–H groups in total. The number of fused-ring (bicyclic) bond motifs is 1. The van der Waals surface area contributed by atoms with Crippen molar-refractivity contribution in [3.05, 3.63) is 107 Å². The van der Waals surface area contributed by atoms with E-state index in [9.17, 15) is 14.3 Å². The van der Waals surface area contributed by atoms with Crippen LogP contribution in [0.25, 0.3) is 32.0 Å². The predicted molar refractivity (Wildman–Crippen MR) is 182 cm³/mol. The number of ether oxygens (including phenoxy) is 4. The molecular formula is C35H28BrFN4O6S. The van der Waals surface area contributed by atoms with Crippen LogP contribution in [0.5, 0.6) is 23.1 Å². The number of methoxy groups -OCH3 is 1. The van der Waals surface area contributed by atoms with Crippen LogP contribution < -0.4 is 14.2 Å². The first-order valence-electron chi connectivity index (χ1n) is 14.8. The average molecular weight is 732 g/mol. The van der Waals surface area contributed by atoms with Crippen LogP contribution in [0.3, 0.4) is 0 Å². The van der Waals surface area contributed by atoms with Crippen LogP contribution >= 0.6 is 27.3 Å². The second-order valence-corrected chi connectivity index (χ2v) is 12.1. The number of hydrogen-bond donors (Lipinski definition) is 1. The first-order chi connectivity index (χ1) is 23.3. The quantitative estimate of drug-likeness (QED) is 0.126. The fourth-order valence-corrected chi connectivity index (χ4v) is 6.94. The van der Waals surface area contributed by atoms with Gasteiger partial charge in [-0.05, 0) is 76.9 Å². The van der Waals surface area contributed by atoms with E-state index < -0.39 is 12.1 Å². The second-order valence-electron chi connectivity index (χ2n) is 10.3. The molecule has 0 unspecified atom stereocenters. The number of hydrogen-bond acceptors (Lipinski definition) is 11. The molecule has 6 aromatic rings. The Morgan fingerprint density at radius 3 is 2.62 bits per heavy atom. The third-order valence-electron chi connectivity index (χ3n) is 7.19. The minimum absolute atomic E-state index is 0.0170. The van der Waals surface area contributed by atoms with Crippen LogP contribution in [0, 0.1) is 5.82 Å². The SMILES string of the molecule is CCOC(=O)[C@@H](Cc1cc(O)ccc1OCc1ccnc(-c2ccccc2OC)n1)Oc1ncnc2sc(-c3ccc(F)cc3)c(Br)c12.